The minimum atomic E-state index is -1.24. The van der Waals surface area contributed by atoms with E-state index in [4.69, 9.17) is 7.16 Å². The fourth-order valence-electron chi connectivity index (χ4n) is 8.49. The van der Waals surface area contributed by atoms with Gasteiger partial charge in [0.2, 0.25) is 0 Å². The first-order valence-corrected chi connectivity index (χ1v) is 18.1. The van der Waals surface area contributed by atoms with Crippen molar-refractivity contribution in [3.63, 3.8) is 0 Å². The quantitative estimate of drug-likeness (QED) is 0.168. The maximum atomic E-state index is 9.99. The number of benzene rings is 9. The zero-order valence-electron chi connectivity index (χ0n) is 34.7. The van der Waals surface area contributed by atoms with Crippen molar-refractivity contribution in [3.05, 3.63) is 181 Å². The van der Waals surface area contributed by atoms with E-state index in [2.05, 4.69) is 60.7 Å². The third-order valence-electron chi connectivity index (χ3n) is 10.9. The van der Waals surface area contributed by atoms with Crippen LogP contribution in [0.2, 0.25) is 0 Å². The maximum Gasteiger partial charge on any atom is 0.136 e. The van der Waals surface area contributed by atoms with Crippen LogP contribution in [0.3, 0.4) is 0 Å². The van der Waals surface area contributed by atoms with Gasteiger partial charge in [0.1, 0.15) is 11.2 Å². The number of furan rings is 1. The molecule has 1 aromatic heterocycles. The van der Waals surface area contributed by atoms with Crippen molar-refractivity contribution in [2.24, 2.45) is 0 Å². The molecule has 250 valence electrons. The smallest absolute Gasteiger partial charge is 0.136 e. The van der Waals surface area contributed by atoms with Crippen molar-refractivity contribution in [3.8, 4) is 44.5 Å². The van der Waals surface area contributed by atoms with Gasteiger partial charge < -0.3 is 4.42 Å². The summed E-state index contributed by atoms with van der Waals surface area (Å²) in [4.78, 5) is 0. The van der Waals surface area contributed by atoms with Crippen molar-refractivity contribution in [1.82, 2.24) is 0 Å². The second-order valence-corrected chi connectivity index (χ2v) is 13.8. The first-order valence-electron chi connectivity index (χ1n) is 21.4. The Morgan fingerprint density at radius 3 is 1.77 bits per heavy atom. The average Bonchev–Trinajstić information content (AvgIpc) is 3.66. The van der Waals surface area contributed by atoms with Crippen LogP contribution in [0.15, 0.2) is 174 Å². The summed E-state index contributed by atoms with van der Waals surface area (Å²) >= 11 is 0. The molecule has 1 nitrogen and oxygen atoms in total. The van der Waals surface area contributed by atoms with Crippen LogP contribution in [0, 0.1) is 0 Å². The van der Waals surface area contributed by atoms with Gasteiger partial charge in [0.15, 0.2) is 0 Å². The Bertz CT molecular complexity index is 3280. The highest BCUT2D eigenvalue weighted by molar-refractivity contribution is 6.22. The number of hydrogen-bond donors (Lipinski definition) is 0. The van der Waals surface area contributed by atoms with Crippen molar-refractivity contribution in [2.45, 2.75) is 25.6 Å². The van der Waals surface area contributed by atoms with Gasteiger partial charge in [0, 0.05) is 16.3 Å². The fraction of sp³-hybridized carbons (Fsp3) is 0.0769. The summed E-state index contributed by atoms with van der Waals surface area (Å²) in [6.07, 6.45) is -4.95. The first-order chi connectivity index (χ1) is 28.8. The molecule has 1 aliphatic carbocycles. The molecule has 4 unspecified atom stereocenters. The van der Waals surface area contributed by atoms with Gasteiger partial charge >= 0.3 is 0 Å². The molecule has 10 aromatic rings. The van der Waals surface area contributed by atoms with E-state index in [0.29, 0.717) is 44.5 Å². The largest absolute Gasteiger partial charge is 0.456 e. The molecule has 53 heavy (non-hydrogen) atoms. The maximum absolute atomic E-state index is 9.99. The van der Waals surface area contributed by atoms with E-state index in [9.17, 15) is 5.48 Å². The minimum Gasteiger partial charge on any atom is -0.456 e. The third kappa shape index (κ3) is 4.77. The number of rotatable bonds is 4. The summed E-state index contributed by atoms with van der Waals surface area (Å²) in [5.41, 5.74) is 8.25. The Kier molecular flexibility index (Phi) is 5.63. The molecule has 0 N–H and O–H groups in total. The van der Waals surface area contributed by atoms with Crippen LogP contribution in [0.5, 0.6) is 0 Å². The summed E-state index contributed by atoms with van der Waals surface area (Å²) in [6.45, 7) is 0. The molecule has 0 fully saturated rings. The zero-order chi connectivity index (χ0) is 40.1. The molecular weight excluding hydrogens is 641 g/mol. The van der Waals surface area contributed by atoms with Crippen molar-refractivity contribution in [1.29, 1.82) is 0 Å². The van der Waals surface area contributed by atoms with Gasteiger partial charge in [0.05, 0.1) is 2.74 Å². The van der Waals surface area contributed by atoms with Crippen molar-refractivity contribution in [2.75, 3.05) is 0 Å². The van der Waals surface area contributed by atoms with E-state index in [0.717, 1.165) is 65.3 Å². The second kappa shape index (κ2) is 12.1. The Balaban J connectivity index is 1.23. The average molecular weight is 683 g/mol. The van der Waals surface area contributed by atoms with Crippen LogP contribution in [0.25, 0.3) is 98.8 Å². The monoisotopic (exact) mass is 682 g/mol. The summed E-state index contributed by atoms with van der Waals surface area (Å²) in [5, 5.41) is 7.53. The van der Waals surface area contributed by atoms with Gasteiger partial charge in [-0.05, 0) is 138 Å². The van der Waals surface area contributed by atoms with Crippen LogP contribution in [0.4, 0.5) is 0 Å². The summed E-state index contributed by atoms with van der Waals surface area (Å²) in [6, 6.07) is 52.7. The molecule has 0 spiro atoms. The Hall–Kier alpha value is -6.44. The van der Waals surface area contributed by atoms with Crippen LogP contribution >= 0.6 is 0 Å². The molecule has 0 amide bonds. The molecule has 9 aromatic carbocycles. The molecule has 0 aliphatic heterocycles. The standard InChI is InChI=1S/C52H36O/c1-2-14-34(15-3-1)50-42-19-8-10-21-44(42)51(45-22-11-9-20-43(45)50)46-29-28-40(38-17-6-7-18-39(38)46)41-23-12-24-49-52(41)47-32-37(27-30-48(47)53-49)36-26-25-33-13-4-5-16-35(33)31-36/h1-5,8-16,19-32H,6-7,17-18H2/i6D,7D,17D,18D,28D,29D. The molecule has 11 rings (SSSR count). The molecule has 0 saturated carbocycles. The van der Waals surface area contributed by atoms with Gasteiger partial charge in [-0.3, -0.25) is 0 Å². The summed E-state index contributed by atoms with van der Waals surface area (Å²) < 4.78 is 64.0. The van der Waals surface area contributed by atoms with Gasteiger partial charge in [-0.2, -0.15) is 0 Å². The predicted octanol–water partition coefficient (Wildman–Crippen LogP) is 14.6. The highest BCUT2D eigenvalue weighted by Gasteiger charge is 2.24. The molecule has 4 atom stereocenters. The predicted molar refractivity (Wildman–Crippen MR) is 225 cm³/mol. The Morgan fingerprint density at radius 2 is 1.02 bits per heavy atom. The van der Waals surface area contributed by atoms with Gasteiger partial charge in [-0.15, -0.1) is 0 Å². The summed E-state index contributed by atoms with van der Waals surface area (Å²) in [5.74, 6) is 0. The fourth-order valence-corrected chi connectivity index (χ4v) is 8.49. The molecule has 1 heterocycles. The number of fused-ring (bicyclic) bond motifs is 7. The van der Waals surface area contributed by atoms with Gasteiger partial charge in [-0.1, -0.05) is 146 Å². The highest BCUT2D eigenvalue weighted by atomic mass is 16.3. The van der Waals surface area contributed by atoms with Crippen LogP contribution in [-0.2, 0) is 12.8 Å². The van der Waals surface area contributed by atoms with Gasteiger partial charge in [-0.25, -0.2) is 0 Å². The van der Waals surface area contributed by atoms with E-state index >= 15 is 0 Å². The minimum absolute atomic E-state index is 0.0664. The van der Waals surface area contributed by atoms with E-state index < -0.39 is 25.6 Å². The Morgan fingerprint density at radius 1 is 0.415 bits per heavy atom. The molecule has 0 saturated heterocycles. The lowest BCUT2D eigenvalue weighted by Gasteiger charge is -2.25. The normalized spacial score (nSPS) is 20.2. The Labute approximate surface area is 317 Å². The topological polar surface area (TPSA) is 13.1 Å². The molecule has 0 radical (unpaired) electrons. The first kappa shape index (κ1) is 24.7. The SMILES string of the molecule is [2H]c1c([2H])c(-c2cccc3oc4ccc(-c5ccc6ccccc6c5)cc4c23)c2c(c1-c1c3ccccc3c(-c3ccccc3)c3ccccc13)C([2H])C([2H])C([2H])C2[2H]. The molecular formula is C52H36O. The van der Waals surface area contributed by atoms with Crippen LogP contribution in [-0.4, -0.2) is 0 Å². The van der Waals surface area contributed by atoms with Crippen molar-refractivity contribution >= 4 is 54.3 Å². The van der Waals surface area contributed by atoms with E-state index in [1.807, 2.05) is 97.1 Å². The van der Waals surface area contributed by atoms with E-state index in [-0.39, 0.29) is 12.1 Å². The van der Waals surface area contributed by atoms with Crippen LogP contribution in [0.1, 0.15) is 32.1 Å². The van der Waals surface area contributed by atoms with Gasteiger partial charge in [0.25, 0.3) is 0 Å². The van der Waals surface area contributed by atoms with E-state index in [1.54, 1.807) is 0 Å². The lowest BCUT2D eigenvalue weighted by Crippen LogP contribution is -2.07. The second-order valence-electron chi connectivity index (χ2n) is 13.8. The summed E-state index contributed by atoms with van der Waals surface area (Å²) in [7, 11) is 0. The molecule has 0 bridgehead atoms. The third-order valence-corrected chi connectivity index (χ3v) is 10.9. The highest BCUT2D eigenvalue weighted by Crippen LogP contribution is 2.48. The number of hydrogen-bond acceptors (Lipinski definition) is 1. The molecule has 1 aliphatic rings. The lowest BCUT2D eigenvalue weighted by molar-refractivity contribution is 0.669. The lowest BCUT2D eigenvalue weighted by atomic mass is 9.78. The van der Waals surface area contributed by atoms with Crippen LogP contribution < -0.4 is 0 Å². The molecule has 1 heteroatoms. The van der Waals surface area contributed by atoms with E-state index in [1.165, 1.54) is 0 Å². The zero-order valence-corrected chi connectivity index (χ0v) is 28.7. The van der Waals surface area contributed by atoms with Crippen molar-refractivity contribution < 1.29 is 12.6 Å².